The van der Waals surface area contributed by atoms with Gasteiger partial charge in [0.25, 0.3) is 0 Å². The lowest BCUT2D eigenvalue weighted by Gasteiger charge is -2.33. The van der Waals surface area contributed by atoms with Crippen molar-refractivity contribution in [2.75, 3.05) is 32.3 Å². The van der Waals surface area contributed by atoms with E-state index < -0.39 is 0 Å². The van der Waals surface area contributed by atoms with Crippen LogP contribution in [0.15, 0.2) is 12.1 Å². The first-order valence-electron chi connectivity index (χ1n) is 10.7. The molecular weight excluding hydrogens is 386 g/mol. The van der Waals surface area contributed by atoms with E-state index in [0.717, 1.165) is 43.3 Å². The predicted molar refractivity (Wildman–Crippen MR) is 120 cm³/mol. The fraction of sp³-hybridized carbons (Fsp3) is 0.652. The van der Waals surface area contributed by atoms with Crippen LogP contribution in [0.5, 0.6) is 0 Å². The Bertz CT molecular complexity index is 691. The van der Waals surface area contributed by atoms with Gasteiger partial charge in [-0.05, 0) is 43.7 Å². The van der Waals surface area contributed by atoms with Crippen molar-refractivity contribution in [2.45, 2.75) is 64.8 Å². The number of amides is 1. The average molecular weight is 422 g/mol. The molecule has 1 atom stereocenters. The Kier molecular flexibility index (Phi) is 10.0. The van der Waals surface area contributed by atoms with Crippen molar-refractivity contribution in [1.82, 2.24) is 0 Å². The summed E-state index contributed by atoms with van der Waals surface area (Å²) < 4.78 is 10.8. The molecule has 0 aliphatic heterocycles. The van der Waals surface area contributed by atoms with Gasteiger partial charge < -0.3 is 14.4 Å². The molecule has 6 heteroatoms. The SMILES string of the molecule is CCCCC(C)C(=O)N(c1cc(C2=CCCCC2)sc1C=O)C(COC)COC. The van der Waals surface area contributed by atoms with E-state index in [1.807, 2.05) is 13.0 Å². The largest absolute Gasteiger partial charge is 0.382 e. The van der Waals surface area contributed by atoms with Crippen LogP contribution in [0.3, 0.4) is 0 Å². The van der Waals surface area contributed by atoms with Gasteiger partial charge in [-0.1, -0.05) is 32.8 Å². The molecule has 0 saturated heterocycles. The number of carbonyl (C=O) groups excluding carboxylic acids is 2. The van der Waals surface area contributed by atoms with Gasteiger partial charge in [0.15, 0.2) is 6.29 Å². The number of thiophene rings is 1. The Morgan fingerprint density at radius 1 is 1.28 bits per heavy atom. The summed E-state index contributed by atoms with van der Waals surface area (Å²) in [5.41, 5.74) is 1.98. The lowest BCUT2D eigenvalue weighted by molar-refractivity contribution is -0.123. The minimum Gasteiger partial charge on any atom is -0.382 e. The molecule has 162 valence electrons. The third-order valence-electron chi connectivity index (χ3n) is 5.45. The second-order valence-corrected chi connectivity index (χ2v) is 8.85. The highest BCUT2D eigenvalue weighted by Gasteiger charge is 2.32. The Morgan fingerprint density at radius 2 is 2.00 bits per heavy atom. The van der Waals surface area contributed by atoms with Crippen molar-refractivity contribution in [3.05, 3.63) is 21.9 Å². The van der Waals surface area contributed by atoms with E-state index in [-0.39, 0.29) is 17.9 Å². The number of hydrogen-bond acceptors (Lipinski definition) is 5. The zero-order valence-corrected chi connectivity index (χ0v) is 19.1. The minimum atomic E-state index is -0.275. The molecule has 0 radical (unpaired) electrons. The molecule has 2 rings (SSSR count). The number of nitrogens with zero attached hydrogens (tertiary/aromatic N) is 1. The zero-order valence-electron chi connectivity index (χ0n) is 18.2. The second-order valence-electron chi connectivity index (χ2n) is 7.77. The van der Waals surface area contributed by atoms with E-state index >= 15 is 0 Å². The maximum absolute atomic E-state index is 13.5. The van der Waals surface area contributed by atoms with Gasteiger partial charge in [-0.2, -0.15) is 0 Å². The third kappa shape index (κ3) is 6.24. The van der Waals surface area contributed by atoms with E-state index in [1.54, 1.807) is 19.1 Å². The molecule has 0 N–H and O–H groups in total. The fourth-order valence-corrected chi connectivity index (χ4v) is 4.87. The summed E-state index contributed by atoms with van der Waals surface area (Å²) in [5, 5.41) is 0. The summed E-state index contributed by atoms with van der Waals surface area (Å²) in [7, 11) is 3.25. The number of aldehydes is 1. The van der Waals surface area contributed by atoms with Gasteiger partial charge in [0.2, 0.25) is 5.91 Å². The molecule has 0 saturated carbocycles. The quantitative estimate of drug-likeness (QED) is 0.428. The highest BCUT2D eigenvalue weighted by atomic mass is 32.1. The first-order valence-corrected chi connectivity index (χ1v) is 11.5. The smallest absolute Gasteiger partial charge is 0.230 e. The molecule has 1 aliphatic carbocycles. The van der Waals surface area contributed by atoms with E-state index in [4.69, 9.17) is 9.47 Å². The summed E-state index contributed by atoms with van der Waals surface area (Å²) in [4.78, 5) is 28.9. The Balaban J connectivity index is 2.45. The Morgan fingerprint density at radius 3 is 2.55 bits per heavy atom. The van der Waals surface area contributed by atoms with Gasteiger partial charge in [-0.25, -0.2) is 0 Å². The topological polar surface area (TPSA) is 55.8 Å². The average Bonchev–Trinajstić information content (AvgIpc) is 3.17. The molecule has 29 heavy (non-hydrogen) atoms. The maximum Gasteiger partial charge on any atom is 0.230 e. The molecule has 5 nitrogen and oxygen atoms in total. The number of methoxy groups -OCH3 is 2. The number of anilines is 1. The summed E-state index contributed by atoms with van der Waals surface area (Å²) in [6.07, 6.45) is 10.5. The third-order valence-corrected chi connectivity index (χ3v) is 6.57. The number of hydrogen-bond donors (Lipinski definition) is 0. The van der Waals surface area contributed by atoms with Crippen LogP contribution in [0.4, 0.5) is 5.69 Å². The van der Waals surface area contributed by atoms with Gasteiger partial charge in [-0.3, -0.25) is 9.59 Å². The lowest BCUT2D eigenvalue weighted by atomic mass is 9.98. The van der Waals surface area contributed by atoms with Crippen molar-refractivity contribution < 1.29 is 19.1 Å². The number of ether oxygens (including phenoxy) is 2. The van der Waals surface area contributed by atoms with Crippen molar-refractivity contribution in [2.24, 2.45) is 5.92 Å². The lowest BCUT2D eigenvalue weighted by Crippen LogP contribution is -2.48. The first-order chi connectivity index (χ1) is 14.1. The van der Waals surface area contributed by atoms with E-state index in [9.17, 15) is 9.59 Å². The predicted octanol–water partition coefficient (Wildman–Crippen LogP) is 5.34. The van der Waals surface area contributed by atoms with Crippen LogP contribution in [0.1, 0.15) is 73.3 Å². The second kappa shape index (κ2) is 12.3. The summed E-state index contributed by atoms with van der Waals surface area (Å²) in [5.74, 6) is -0.0921. The maximum atomic E-state index is 13.5. The molecule has 0 aromatic carbocycles. The summed E-state index contributed by atoms with van der Waals surface area (Å²) in [6.45, 7) is 4.80. The molecular formula is C23H35NO4S. The molecule has 1 unspecified atom stereocenters. The fourth-order valence-electron chi connectivity index (χ4n) is 3.84. The standard InChI is InChI=1S/C23H35NO4S/c1-5-6-10-17(2)23(26)24(19(15-27-3)16-28-4)20-13-21(29-22(20)14-25)18-11-8-7-9-12-18/h11,13-14,17,19H,5-10,12,15-16H2,1-4H3. The van der Waals surface area contributed by atoms with Crippen molar-refractivity contribution in [3.63, 3.8) is 0 Å². The minimum absolute atomic E-state index is 0.0302. The molecule has 1 heterocycles. The molecule has 1 amide bonds. The summed E-state index contributed by atoms with van der Waals surface area (Å²) >= 11 is 1.48. The number of allylic oxidation sites excluding steroid dienone is 2. The Labute approximate surface area is 179 Å². The van der Waals surface area contributed by atoms with Gasteiger partial charge >= 0.3 is 0 Å². The molecule has 1 aromatic rings. The van der Waals surface area contributed by atoms with Crippen molar-refractivity contribution in [3.8, 4) is 0 Å². The normalized spacial score (nSPS) is 15.3. The number of unbranched alkanes of at least 4 members (excludes halogenated alkanes) is 1. The van der Waals surface area contributed by atoms with Gasteiger partial charge in [0.1, 0.15) is 0 Å². The molecule has 1 aliphatic rings. The van der Waals surface area contributed by atoms with Crippen LogP contribution < -0.4 is 4.90 Å². The van der Waals surface area contributed by atoms with Gasteiger partial charge in [0, 0.05) is 25.0 Å². The monoisotopic (exact) mass is 421 g/mol. The molecule has 0 bridgehead atoms. The van der Waals surface area contributed by atoms with Crippen LogP contribution in [0.2, 0.25) is 0 Å². The van der Waals surface area contributed by atoms with Crippen LogP contribution in [-0.4, -0.2) is 45.7 Å². The van der Waals surface area contributed by atoms with Crippen LogP contribution in [-0.2, 0) is 14.3 Å². The van der Waals surface area contributed by atoms with E-state index in [0.29, 0.717) is 23.8 Å². The highest BCUT2D eigenvalue weighted by Crippen LogP contribution is 2.38. The van der Waals surface area contributed by atoms with Crippen LogP contribution in [0, 0.1) is 5.92 Å². The zero-order chi connectivity index (χ0) is 21.2. The van der Waals surface area contributed by atoms with Crippen molar-refractivity contribution >= 4 is 34.8 Å². The van der Waals surface area contributed by atoms with Crippen LogP contribution >= 0.6 is 11.3 Å². The van der Waals surface area contributed by atoms with Crippen molar-refractivity contribution in [1.29, 1.82) is 0 Å². The highest BCUT2D eigenvalue weighted by molar-refractivity contribution is 7.15. The molecule has 1 aromatic heterocycles. The van der Waals surface area contributed by atoms with Gasteiger partial charge in [0.05, 0.1) is 29.8 Å². The number of carbonyl (C=O) groups is 2. The number of rotatable bonds is 12. The summed E-state index contributed by atoms with van der Waals surface area (Å²) in [6, 6.07) is 1.75. The van der Waals surface area contributed by atoms with E-state index in [2.05, 4.69) is 13.0 Å². The first kappa shape index (κ1) is 23.8. The molecule has 0 fully saturated rings. The molecule has 0 spiro atoms. The van der Waals surface area contributed by atoms with Crippen LogP contribution in [0.25, 0.3) is 5.57 Å². The van der Waals surface area contributed by atoms with Gasteiger partial charge in [-0.15, -0.1) is 11.3 Å². The Hall–Kier alpha value is -1.50. The van der Waals surface area contributed by atoms with E-state index in [1.165, 1.54) is 29.8 Å².